The second-order valence-corrected chi connectivity index (χ2v) is 2.42. The largest absolute Gasteiger partial charge is 0.290 e. The molecule has 0 bridgehead atoms. The third-order valence-corrected chi connectivity index (χ3v) is 1.73. The highest BCUT2D eigenvalue weighted by atomic mass is 16.1. The third-order valence-electron chi connectivity index (χ3n) is 1.73. The molecule has 2 unspecified atom stereocenters. The van der Waals surface area contributed by atoms with Crippen LogP contribution < -0.4 is 10.6 Å². The van der Waals surface area contributed by atoms with Gasteiger partial charge in [0.05, 0.1) is 0 Å². The molecule has 2 N–H and O–H groups in total. The highest BCUT2D eigenvalue weighted by Gasteiger charge is 2.31. The number of carbonyl (C=O) groups excluding carboxylic acids is 1. The van der Waals surface area contributed by atoms with Crippen LogP contribution >= 0.6 is 0 Å². The van der Waals surface area contributed by atoms with Crippen LogP contribution in [0.15, 0.2) is 9.98 Å². The maximum absolute atomic E-state index is 11.1. The highest BCUT2D eigenvalue weighted by Crippen LogP contribution is 2.04. The van der Waals surface area contributed by atoms with Crippen LogP contribution in [0.2, 0.25) is 0 Å². The van der Waals surface area contributed by atoms with Crippen molar-refractivity contribution in [3.05, 3.63) is 0 Å². The number of nitrogens with zero attached hydrogens (tertiary/aromatic N) is 2. The first-order valence-corrected chi connectivity index (χ1v) is 3.44. The van der Waals surface area contributed by atoms with Crippen molar-refractivity contribution in [2.75, 3.05) is 6.67 Å². The molecule has 0 aliphatic carbocycles. The Balaban J connectivity index is 2.25. The summed E-state index contributed by atoms with van der Waals surface area (Å²) in [7, 11) is 0. The topological polar surface area (TPSA) is 65.8 Å². The van der Waals surface area contributed by atoms with Gasteiger partial charge in [0.25, 0.3) is 5.91 Å². The maximum Gasteiger partial charge on any atom is 0.266 e. The van der Waals surface area contributed by atoms with Crippen LogP contribution in [-0.4, -0.2) is 37.2 Å². The van der Waals surface area contributed by atoms with Gasteiger partial charge < -0.3 is 0 Å². The van der Waals surface area contributed by atoms with Crippen molar-refractivity contribution < 1.29 is 4.79 Å². The van der Waals surface area contributed by atoms with Crippen LogP contribution in [0.1, 0.15) is 0 Å². The molecule has 0 aromatic rings. The van der Waals surface area contributed by atoms with Crippen LogP contribution in [0.25, 0.3) is 0 Å². The van der Waals surface area contributed by atoms with E-state index < -0.39 is 0 Å². The Bertz CT molecular complexity index is 235. The zero-order valence-electron chi connectivity index (χ0n) is 5.82. The average Bonchev–Trinajstić information content (AvgIpc) is 2.40. The maximum atomic E-state index is 11.1. The number of aliphatic imine (C=N–C) groups is 2. The molecule has 0 radical (unpaired) electrons. The van der Waals surface area contributed by atoms with Gasteiger partial charge in [-0.2, -0.15) is 0 Å². The fraction of sp³-hybridized carbons (Fsp3) is 0.500. The summed E-state index contributed by atoms with van der Waals surface area (Å²) in [6, 6.07) is -0.273. The molecule has 2 aliphatic rings. The van der Waals surface area contributed by atoms with Crippen molar-refractivity contribution in [2.24, 2.45) is 9.98 Å². The van der Waals surface area contributed by atoms with E-state index in [1.54, 1.807) is 6.21 Å². The Morgan fingerprint density at radius 3 is 3.27 bits per heavy atom. The molecule has 1 saturated heterocycles. The van der Waals surface area contributed by atoms with Crippen LogP contribution in [0, 0.1) is 0 Å². The lowest BCUT2D eigenvalue weighted by molar-refractivity contribution is -0.119. The molecular formula is C6H8N4O. The first-order chi connectivity index (χ1) is 5.38. The number of carbonyl (C=O) groups is 1. The Morgan fingerprint density at radius 2 is 2.36 bits per heavy atom. The minimum atomic E-state index is -0.273. The lowest BCUT2D eigenvalue weighted by Crippen LogP contribution is -2.37. The Labute approximate surface area is 63.6 Å². The number of fused-ring (bicyclic) bond motifs is 1. The molecule has 2 rings (SSSR count). The first kappa shape index (κ1) is 6.63. The molecule has 2 heterocycles. The number of hydrogen-bond acceptors (Lipinski definition) is 4. The Morgan fingerprint density at radius 1 is 1.45 bits per heavy atom. The van der Waals surface area contributed by atoms with Crippen LogP contribution in [0.5, 0.6) is 0 Å². The van der Waals surface area contributed by atoms with E-state index in [4.69, 9.17) is 0 Å². The highest BCUT2D eigenvalue weighted by molar-refractivity contribution is 6.20. The molecule has 1 fully saturated rings. The van der Waals surface area contributed by atoms with E-state index in [2.05, 4.69) is 20.6 Å². The standard InChI is InChI=1S/C6H8N4O/c11-6-4-5(10-3-9-4)7-1-2-8-6/h1-2,4-5,9-10H,3H2. The van der Waals surface area contributed by atoms with Gasteiger partial charge in [-0.05, 0) is 0 Å². The molecule has 0 spiro atoms. The molecule has 2 atom stereocenters. The predicted octanol–water partition coefficient (Wildman–Crippen LogP) is -1.49. The van der Waals surface area contributed by atoms with Crippen molar-refractivity contribution in [3.63, 3.8) is 0 Å². The monoisotopic (exact) mass is 152 g/mol. The molecule has 1 amide bonds. The Hall–Kier alpha value is -1.07. The van der Waals surface area contributed by atoms with Gasteiger partial charge in [-0.1, -0.05) is 0 Å². The molecule has 0 aromatic heterocycles. The van der Waals surface area contributed by atoms with Crippen molar-refractivity contribution in [3.8, 4) is 0 Å². The summed E-state index contributed by atoms with van der Waals surface area (Å²) < 4.78 is 0. The molecule has 58 valence electrons. The van der Waals surface area contributed by atoms with E-state index in [1.165, 1.54) is 6.21 Å². The van der Waals surface area contributed by atoms with Gasteiger partial charge in [0.2, 0.25) is 0 Å². The lowest BCUT2D eigenvalue weighted by Gasteiger charge is -2.08. The molecule has 2 aliphatic heterocycles. The summed E-state index contributed by atoms with van der Waals surface area (Å²) in [5.74, 6) is -0.155. The number of rotatable bonds is 0. The Kier molecular flexibility index (Phi) is 1.52. The number of nitrogens with one attached hydrogen (secondary N) is 2. The summed E-state index contributed by atoms with van der Waals surface area (Å²) in [5, 5.41) is 5.98. The molecular weight excluding hydrogens is 144 g/mol. The van der Waals surface area contributed by atoms with Gasteiger partial charge in [0, 0.05) is 19.1 Å². The summed E-state index contributed by atoms with van der Waals surface area (Å²) in [4.78, 5) is 18.8. The summed E-state index contributed by atoms with van der Waals surface area (Å²) in [6.07, 6.45) is 2.83. The summed E-state index contributed by atoms with van der Waals surface area (Å²) in [6.45, 7) is 0.619. The normalized spacial score (nSPS) is 35.5. The van der Waals surface area contributed by atoms with Crippen LogP contribution in [-0.2, 0) is 4.79 Å². The van der Waals surface area contributed by atoms with Crippen molar-refractivity contribution >= 4 is 18.3 Å². The van der Waals surface area contributed by atoms with Gasteiger partial charge in [-0.3, -0.25) is 20.4 Å². The van der Waals surface area contributed by atoms with Gasteiger partial charge in [0.15, 0.2) is 0 Å². The summed E-state index contributed by atoms with van der Waals surface area (Å²) >= 11 is 0. The van der Waals surface area contributed by atoms with Crippen molar-refractivity contribution in [2.45, 2.75) is 12.2 Å². The number of hydrogen-bond donors (Lipinski definition) is 2. The predicted molar refractivity (Wildman–Crippen MR) is 40.7 cm³/mol. The van der Waals surface area contributed by atoms with E-state index >= 15 is 0 Å². The van der Waals surface area contributed by atoms with E-state index in [1.807, 2.05) is 0 Å². The summed E-state index contributed by atoms with van der Waals surface area (Å²) in [5.41, 5.74) is 0. The molecule has 5 nitrogen and oxygen atoms in total. The fourth-order valence-electron chi connectivity index (χ4n) is 1.18. The van der Waals surface area contributed by atoms with E-state index in [0.29, 0.717) is 6.67 Å². The van der Waals surface area contributed by atoms with Gasteiger partial charge in [0.1, 0.15) is 12.2 Å². The van der Waals surface area contributed by atoms with Crippen molar-refractivity contribution in [1.29, 1.82) is 0 Å². The van der Waals surface area contributed by atoms with Gasteiger partial charge in [-0.15, -0.1) is 0 Å². The smallest absolute Gasteiger partial charge is 0.266 e. The quantitative estimate of drug-likeness (QED) is 0.444. The number of amides is 1. The second-order valence-electron chi connectivity index (χ2n) is 2.42. The van der Waals surface area contributed by atoms with Crippen molar-refractivity contribution in [1.82, 2.24) is 10.6 Å². The molecule has 0 saturated carbocycles. The minimum absolute atomic E-state index is 0.134. The molecule has 5 heteroatoms. The van der Waals surface area contributed by atoms with Gasteiger partial charge in [-0.25, -0.2) is 4.99 Å². The van der Waals surface area contributed by atoms with Gasteiger partial charge >= 0.3 is 0 Å². The molecule has 0 aromatic carbocycles. The van der Waals surface area contributed by atoms with E-state index in [9.17, 15) is 4.79 Å². The van der Waals surface area contributed by atoms with E-state index in [-0.39, 0.29) is 18.1 Å². The molecule has 11 heavy (non-hydrogen) atoms. The lowest BCUT2D eigenvalue weighted by atomic mass is 10.2. The fourth-order valence-corrected chi connectivity index (χ4v) is 1.18. The van der Waals surface area contributed by atoms with Crippen LogP contribution in [0.4, 0.5) is 0 Å². The first-order valence-electron chi connectivity index (χ1n) is 3.44. The van der Waals surface area contributed by atoms with Crippen LogP contribution in [0.3, 0.4) is 0 Å². The zero-order chi connectivity index (χ0) is 7.68. The second kappa shape index (κ2) is 2.52. The SMILES string of the molecule is O=C1N=CC=NC2NCNC12. The zero-order valence-corrected chi connectivity index (χ0v) is 5.82. The minimum Gasteiger partial charge on any atom is -0.290 e. The van der Waals surface area contributed by atoms with E-state index in [0.717, 1.165) is 0 Å². The third kappa shape index (κ3) is 1.08. The average molecular weight is 152 g/mol.